The monoisotopic (exact) mass is 611 g/mol. The minimum absolute atomic E-state index is 0.0567. The summed E-state index contributed by atoms with van der Waals surface area (Å²) in [5, 5.41) is 6.68. The number of amides is 2. The molecule has 0 aliphatic carbocycles. The Hall–Kier alpha value is -4.57. The fraction of sp³-hybridized carbons (Fsp3) is 0.371. The summed E-state index contributed by atoms with van der Waals surface area (Å²) in [7, 11) is 1.85. The van der Waals surface area contributed by atoms with E-state index in [1.165, 1.54) is 17.7 Å². The molecule has 10 heteroatoms. The number of piperidine rings is 1. The van der Waals surface area contributed by atoms with Gasteiger partial charge in [-0.25, -0.2) is 9.18 Å². The summed E-state index contributed by atoms with van der Waals surface area (Å²) < 4.78 is 25.1. The van der Waals surface area contributed by atoms with Gasteiger partial charge in [0.15, 0.2) is 0 Å². The third-order valence-corrected chi connectivity index (χ3v) is 9.16. The molecule has 45 heavy (non-hydrogen) atoms. The number of aromatic nitrogens is 2. The Bertz CT molecular complexity index is 1710. The highest BCUT2D eigenvalue weighted by Gasteiger charge is 2.44. The quantitative estimate of drug-likeness (QED) is 0.243. The highest BCUT2D eigenvalue weighted by molar-refractivity contribution is 5.89. The minimum atomic E-state index is -0.849. The van der Waals surface area contributed by atoms with Gasteiger partial charge >= 0.3 is 6.09 Å². The first-order valence-corrected chi connectivity index (χ1v) is 15.3. The molecule has 1 spiro atoms. The van der Waals surface area contributed by atoms with Gasteiger partial charge < -0.3 is 19.1 Å². The number of carbonyl (C=O) groups is 2. The highest BCUT2D eigenvalue weighted by Crippen LogP contribution is 2.44. The van der Waals surface area contributed by atoms with E-state index in [1.54, 1.807) is 17.9 Å². The number of ether oxygens (including phenoxy) is 1. The number of likely N-dealkylation sites (N-methyl/N-ethyl adjacent to an activating group) is 1. The fourth-order valence-electron chi connectivity index (χ4n) is 6.40. The summed E-state index contributed by atoms with van der Waals surface area (Å²) >= 11 is 0. The van der Waals surface area contributed by atoms with E-state index < -0.39 is 11.7 Å². The van der Waals surface area contributed by atoms with Crippen molar-refractivity contribution in [2.45, 2.75) is 58.1 Å². The van der Waals surface area contributed by atoms with E-state index in [0.29, 0.717) is 68.4 Å². The standard InChI is InChI=1S/C35H38FN5O4/c1-22-5-8-27(19-23(22)2)29(33(42)40(4)21-25-6-9-26(10-7-25)32-37-24(3)45-39-32)13-16-41-17-14-35(15-18-41)30-20-28(36)11-12-31(30)38-34(43)44-35/h5-12,19-20,29H,13-18,21H2,1-4H3,(H,38,43). The lowest BCUT2D eigenvalue weighted by atomic mass is 9.82. The molecule has 9 nitrogen and oxygen atoms in total. The molecule has 6 rings (SSSR count). The number of carbonyl (C=O) groups excluding carboxylic acids is 2. The van der Waals surface area contributed by atoms with Crippen LogP contribution in [0.15, 0.2) is 65.2 Å². The smallest absolute Gasteiger partial charge is 0.412 e. The molecule has 1 atom stereocenters. The summed E-state index contributed by atoms with van der Waals surface area (Å²) in [4.78, 5) is 34.8. The molecule has 3 aromatic carbocycles. The molecule has 1 unspecified atom stereocenters. The van der Waals surface area contributed by atoms with Crippen LogP contribution in [0.2, 0.25) is 0 Å². The van der Waals surface area contributed by atoms with Gasteiger partial charge in [0.05, 0.1) is 11.6 Å². The largest absolute Gasteiger partial charge is 0.438 e. The number of halogens is 1. The van der Waals surface area contributed by atoms with Crippen LogP contribution in [0.5, 0.6) is 0 Å². The normalized spacial score (nSPS) is 16.5. The number of likely N-dealkylation sites (tertiary alicyclic amines) is 1. The van der Waals surface area contributed by atoms with Crippen molar-refractivity contribution in [2.24, 2.45) is 0 Å². The Morgan fingerprint density at radius 1 is 1.04 bits per heavy atom. The molecule has 234 valence electrons. The maximum atomic E-state index is 14.2. The van der Waals surface area contributed by atoms with E-state index >= 15 is 0 Å². The number of nitrogens with one attached hydrogen (secondary N) is 1. The second-order valence-corrected chi connectivity index (χ2v) is 12.3. The van der Waals surface area contributed by atoms with Crippen molar-refractivity contribution in [3.05, 3.63) is 100 Å². The molecule has 1 saturated heterocycles. The Morgan fingerprint density at radius 2 is 1.80 bits per heavy atom. The van der Waals surface area contributed by atoms with Crippen LogP contribution in [0.1, 0.15) is 58.9 Å². The lowest BCUT2D eigenvalue weighted by molar-refractivity contribution is -0.132. The molecule has 0 saturated carbocycles. The number of hydrogen-bond acceptors (Lipinski definition) is 7. The Balaban J connectivity index is 1.14. The van der Waals surface area contributed by atoms with Gasteiger partial charge in [0.25, 0.3) is 0 Å². The van der Waals surface area contributed by atoms with Crippen molar-refractivity contribution in [1.29, 1.82) is 0 Å². The van der Waals surface area contributed by atoms with Gasteiger partial charge in [-0.2, -0.15) is 4.98 Å². The van der Waals surface area contributed by atoms with E-state index in [1.807, 2.05) is 31.3 Å². The number of rotatable bonds is 8. The maximum absolute atomic E-state index is 14.2. The number of benzene rings is 3. The van der Waals surface area contributed by atoms with Gasteiger partial charge in [0, 0.05) is 57.6 Å². The maximum Gasteiger partial charge on any atom is 0.412 e. The zero-order valence-corrected chi connectivity index (χ0v) is 26.1. The molecule has 0 bridgehead atoms. The van der Waals surface area contributed by atoms with Crippen LogP contribution in [0, 0.1) is 26.6 Å². The first-order chi connectivity index (χ1) is 21.6. The van der Waals surface area contributed by atoms with Crippen LogP contribution in [0.4, 0.5) is 14.9 Å². The summed E-state index contributed by atoms with van der Waals surface area (Å²) in [6.07, 6.45) is 1.24. The summed E-state index contributed by atoms with van der Waals surface area (Å²) in [5.74, 6) is 0.430. The highest BCUT2D eigenvalue weighted by atomic mass is 19.1. The minimum Gasteiger partial charge on any atom is -0.438 e. The Labute approximate surface area is 262 Å². The first kappa shape index (κ1) is 30.5. The zero-order valence-electron chi connectivity index (χ0n) is 26.1. The van der Waals surface area contributed by atoms with E-state index in [4.69, 9.17) is 9.26 Å². The molecule has 2 aliphatic heterocycles. The fourth-order valence-corrected chi connectivity index (χ4v) is 6.40. The zero-order chi connectivity index (χ0) is 31.7. The lowest BCUT2D eigenvalue weighted by Gasteiger charge is -2.44. The van der Waals surface area contributed by atoms with E-state index in [2.05, 4.69) is 52.4 Å². The average molecular weight is 612 g/mol. The van der Waals surface area contributed by atoms with E-state index in [-0.39, 0.29) is 17.6 Å². The van der Waals surface area contributed by atoms with E-state index in [0.717, 1.165) is 22.3 Å². The van der Waals surface area contributed by atoms with Gasteiger partial charge in [0.2, 0.25) is 17.6 Å². The lowest BCUT2D eigenvalue weighted by Crippen LogP contribution is -2.48. The molecule has 1 aromatic heterocycles. The molecule has 3 heterocycles. The number of nitrogens with zero attached hydrogens (tertiary/aromatic N) is 4. The second kappa shape index (κ2) is 12.4. The average Bonchev–Trinajstić information content (AvgIpc) is 3.46. The van der Waals surface area contributed by atoms with Crippen LogP contribution in [-0.4, -0.2) is 58.6 Å². The Morgan fingerprint density at radius 3 is 2.49 bits per heavy atom. The van der Waals surface area contributed by atoms with Crippen LogP contribution >= 0.6 is 0 Å². The second-order valence-electron chi connectivity index (χ2n) is 12.3. The van der Waals surface area contributed by atoms with Gasteiger partial charge in [-0.15, -0.1) is 0 Å². The predicted octanol–water partition coefficient (Wildman–Crippen LogP) is 6.49. The number of anilines is 1. The van der Waals surface area contributed by atoms with Gasteiger partial charge in [-0.05, 0) is 67.3 Å². The van der Waals surface area contributed by atoms with Gasteiger partial charge in [0.1, 0.15) is 11.4 Å². The van der Waals surface area contributed by atoms with Crippen LogP contribution in [-0.2, 0) is 21.7 Å². The third-order valence-electron chi connectivity index (χ3n) is 9.16. The van der Waals surface area contributed by atoms with Crippen molar-refractivity contribution in [3.63, 3.8) is 0 Å². The van der Waals surface area contributed by atoms with Crippen molar-refractivity contribution in [3.8, 4) is 11.4 Å². The van der Waals surface area contributed by atoms with Crippen LogP contribution < -0.4 is 5.32 Å². The molecule has 0 radical (unpaired) electrons. The molecule has 1 N–H and O–H groups in total. The van der Waals surface area contributed by atoms with Crippen molar-refractivity contribution < 1.29 is 23.2 Å². The third kappa shape index (κ3) is 6.47. The molecule has 2 amide bonds. The first-order valence-electron chi connectivity index (χ1n) is 15.3. The predicted molar refractivity (Wildman–Crippen MR) is 168 cm³/mol. The number of fused-ring (bicyclic) bond motifs is 2. The Kier molecular flexibility index (Phi) is 8.42. The molecule has 2 aliphatic rings. The van der Waals surface area contributed by atoms with E-state index in [9.17, 15) is 14.0 Å². The van der Waals surface area contributed by atoms with Gasteiger partial charge in [-0.1, -0.05) is 47.6 Å². The summed E-state index contributed by atoms with van der Waals surface area (Å²) in [5.41, 5.74) is 5.64. The molecular weight excluding hydrogens is 573 g/mol. The molecule has 1 fully saturated rings. The number of hydrogen-bond donors (Lipinski definition) is 1. The topological polar surface area (TPSA) is 101 Å². The summed E-state index contributed by atoms with van der Waals surface area (Å²) in [6, 6.07) is 18.5. The van der Waals surface area contributed by atoms with Crippen molar-refractivity contribution >= 4 is 17.7 Å². The van der Waals surface area contributed by atoms with Crippen LogP contribution in [0.25, 0.3) is 11.4 Å². The van der Waals surface area contributed by atoms with Crippen molar-refractivity contribution in [1.82, 2.24) is 19.9 Å². The summed E-state index contributed by atoms with van der Waals surface area (Å²) in [6.45, 7) is 8.40. The number of aryl methyl sites for hydroxylation is 3. The SMILES string of the molecule is Cc1nc(-c2ccc(CN(C)C(=O)C(CCN3CCC4(CC3)OC(=O)Nc3ccc(F)cc34)c3ccc(C)c(C)c3)cc2)no1. The van der Waals surface area contributed by atoms with Gasteiger partial charge in [-0.3, -0.25) is 10.1 Å². The van der Waals surface area contributed by atoms with Crippen LogP contribution in [0.3, 0.4) is 0 Å². The molecular formula is C35H38FN5O4. The molecule has 4 aromatic rings. The van der Waals surface area contributed by atoms with Crippen molar-refractivity contribution in [2.75, 3.05) is 32.0 Å².